The molecule has 2 heterocycles. The molecule has 2 N–H and O–H groups in total. The molecule has 3 rings (SSSR count). The maximum Gasteiger partial charge on any atom is 0.262 e. The van der Waals surface area contributed by atoms with Crippen LogP contribution in [-0.2, 0) is 13.1 Å². The molecule has 0 fully saturated rings. The van der Waals surface area contributed by atoms with Crippen LogP contribution < -0.4 is 10.9 Å². The van der Waals surface area contributed by atoms with Crippen molar-refractivity contribution in [2.24, 2.45) is 0 Å². The van der Waals surface area contributed by atoms with E-state index in [0.717, 1.165) is 12.1 Å². The predicted molar refractivity (Wildman–Crippen MR) is 89.6 cm³/mol. The standard InChI is InChI=1S/C17H18N4O3/c1-21(2)8-12-5-3-4-11(6-12)7-18-15(22)13-9-24-17-14(13)16(23)19-10-20-17/h3-6,9-10H,7-8H2,1-2H3,(H,18,22)(H,19,20,23). The summed E-state index contributed by atoms with van der Waals surface area (Å²) in [6.07, 6.45) is 2.50. The first kappa shape index (κ1) is 15.9. The SMILES string of the molecule is CN(C)Cc1cccc(CNC(=O)c2coc3nc[nH]c(=O)c23)c1. The zero-order valence-corrected chi connectivity index (χ0v) is 13.5. The number of aromatic nitrogens is 2. The van der Waals surface area contributed by atoms with Crippen molar-refractivity contribution in [1.29, 1.82) is 0 Å². The second kappa shape index (κ2) is 6.67. The van der Waals surface area contributed by atoms with E-state index in [2.05, 4.69) is 20.2 Å². The fourth-order valence-corrected chi connectivity index (χ4v) is 2.53. The van der Waals surface area contributed by atoms with Gasteiger partial charge in [-0.3, -0.25) is 9.59 Å². The van der Waals surface area contributed by atoms with E-state index in [1.54, 1.807) is 0 Å². The van der Waals surface area contributed by atoms with Gasteiger partial charge in [-0.15, -0.1) is 0 Å². The molecule has 0 bridgehead atoms. The summed E-state index contributed by atoms with van der Waals surface area (Å²) in [5.74, 6) is -0.370. The Hall–Kier alpha value is -2.93. The number of rotatable bonds is 5. The van der Waals surface area contributed by atoms with Gasteiger partial charge < -0.3 is 19.6 Å². The maximum absolute atomic E-state index is 12.3. The van der Waals surface area contributed by atoms with Crippen LogP contribution in [0.3, 0.4) is 0 Å². The van der Waals surface area contributed by atoms with Gasteiger partial charge in [0.25, 0.3) is 11.5 Å². The van der Waals surface area contributed by atoms with Gasteiger partial charge in [-0.25, -0.2) is 4.98 Å². The van der Waals surface area contributed by atoms with Gasteiger partial charge in [0.15, 0.2) is 0 Å². The van der Waals surface area contributed by atoms with Crippen molar-refractivity contribution < 1.29 is 9.21 Å². The average Bonchev–Trinajstić information content (AvgIpc) is 2.98. The second-order valence-electron chi connectivity index (χ2n) is 5.80. The smallest absolute Gasteiger partial charge is 0.262 e. The number of nitrogens with one attached hydrogen (secondary N) is 2. The van der Waals surface area contributed by atoms with Gasteiger partial charge >= 0.3 is 0 Å². The topological polar surface area (TPSA) is 91.2 Å². The lowest BCUT2D eigenvalue weighted by molar-refractivity contribution is 0.0951. The summed E-state index contributed by atoms with van der Waals surface area (Å²) in [6, 6.07) is 7.99. The highest BCUT2D eigenvalue weighted by atomic mass is 16.3. The molecule has 0 saturated carbocycles. The Morgan fingerprint density at radius 2 is 2.12 bits per heavy atom. The quantitative estimate of drug-likeness (QED) is 0.741. The fraction of sp³-hybridized carbons (Fsp3) is 0.235. The van der Waals surface area contributed by atoms with Gasteiger partial charge in [0.05, 0.1) is 11.9 Å². The van der Waals surface area contributed by atoms with Crippen molar-refractivity contribution in [3.8, 4) is 0 Å². The molecule has 2 aromatic heterocycles. The van der Waals surface area contributed by atoms with E-state index < -0.39 is 5.56 Å². The lowest BCUT2D eigenvalue weighted by Crippen LogP contribution is -2.24. The maximum atomic E-state index is 12.3. The van der Waals surface area contributed by atoms with Gasteiger partial charge in [0, 0.05) is 13.1 Å². The third-order valence-electron chi connectivity index (χ3n) is 3.56. The number of fused-ring (bicyclic) bond motifs is 1. The van der Waals surface area contributed by atoms with E-state index >= 15 is 0 Å². The fourth-order valence-electron chi connectivity index (χ4n) is 2.53. The first-order valence-corrected chi connectivity index (χ1v) is 7.50. The molecule has 0 aliphatic rings. The van der Waals surface area contributed by atoms with Gasteiger partial charge in [0.2, 0.25) is 5.71 Å². The van der Waals surface area contributed by atoms with E-state index in [4.69, 9.17) is 4.42 Å². The van der Waals surface area contributed by atoms with E-state index in [1.807, 2.05) is 38.4 Å². The normalized spacial score (nSPS) is 11.1. The summed E-state index contributed by atoms with van der Waals surface area (Å²) >= 11 is 0. The molecule has 1 amide bonds. The van der Waals surface area contributed by atoms with Crippen LogP contribution in [0.2, 0.25) is 0 Å². The highest BCUT2D eigenvalue weighted by Crippen LogP contribution is 2.14. The molecule has 0 unspecified atom stereocenters. The highest BCUT2D eigenvalue weighted by molar-refractivity contribution is 6.04. The summed E-state index contributed by atoms with van der Waals surface area (Å²) in [4.78, 5) is 32.6. The number of aromatic amines is 1. The van der Waals surface area contributed by atoms with Gasteiger partial charge in [-0.05, 0) is 25.2 Å². The monoisotopic (exact) mass is 326 g/mol. The van der Waals surface area contributed by atoms with Gasteiger partial charge in [-0.2, -0.15) is 0 Å². The molecular weight excluding hydrogens is 308 g/mol. The van der Waals surface area contributed by atoms with Crippen LogP contribution in [0.15, 0.2) is 46.1 Å². The minimum absolute atomic E-state index is 0.150. The van der Waals surface area contributed by atoms with Crippen molar-refractivity contribution in [2.45, 2.75) is 13.1 Å². The van der Waals surface area contributed by atoms with E-state index in [-0.39, 0.29) is 22.6 Å². The lowest BCUT2D eigenvalue weighted by Gasteiger charge is -2.11. The molecule has 0 spiro atoms. The average molecular weight is 326 g/mol. The zero-order valence-electron chi connectivity index (χ0n) is 13.5. The van der Waals surface area contributed by atoms with E-state index in [0.29, 0.717) is 6.54 Å². The molecule has 0 atom stereocenters. The Balaban J connectivity index is 1.75. The number of H-pyrrole nitrogens is 1. The largest absolute Gasteiger partial charge is 0.445 e. The highest BCUT2D eigenvalue weighted by Gasteiger charge is 2.17. The molecule has 7 nitrogen and oxygen atoms in total. The first-order valence-electron chi connectivity index (χ1n) is 7.50. The number of furan rings is 1. The van der Waals surface area contributed by atoms with Crippen LogP contribution in [0.4, 0.5) is 0 Å². The molecule has 3 aromatic rings. The van der Waals surface area contributed by atoms with Crippen LogP contribution in [0.25, 0.3) is 11.1 Å². The minimum atomic E-state index is -0.396. The van der Waals surface area contributed by atoms with Crippen LogP contribution in [-0.4, -0.2) is 34.9 Å². The summed E-state index contributed by atoms with van der Waals surface area (Å²) < 4.78 is 5.17. The lowest BCUT2D eigenvalue weighted by atomic mass is 10.1. The summed E-state index contributed by atoms with van der Waals surface area (Å²) in [5, 5.41) is 2.97. The third kappa shape index (κ3) is 3.36. The molecule has 0 aliphatic carbocycles. The van der Waals surface area contributed by atoms with Crippen molar-refractivity contribution >= 4 is 17.0 Å². The second-order valence-corrected chi connectivity index (χ2v) is 5.80. The zero-order chi connectivity index (χ0) is 17.1. The molecule has 124 valence electrons. The molecule has 0 saturated heterocycles. The number of hydrogen-bond donors (Lipinski definition) is 2. The Kier molecular flexibility index (Phi) is 4.43. The Bertz CT molecular complexity index is 927. The van der Waals surface area contributed by atoms with Crippen LogP contribution in [0.5, 0.6) is 0 Å². The van der Waals surface area contributed by atoms with E-state index in [1.165, 1.54) is 18.2 Å². The summed E-state index contributed by atoms with van der Waals surface area (Å²) in [5.41, 5.74) is 2.09. The number of hydrogen-bond acceptors (Lipinski definition) is 5. The van der Waals surface area contributed by atoms with Crippen molar-refractivity contribution in [3.63, 3.8) is 0 Å². The van der Waals surface area contributed by atoms with Crippen molar-refractivity contribution in [2.75, 3.05) is 14.1 Å². The van der Waals surface area contributed by atoms with Crippen LogP contribution in [0, 0.1) is 0 Å². The molecule has 0 aliphatic heterocycles. The Labute approximate surface area is 138 Å². The predicted octanol–water partition coefficient (Wildman–Crippen LogP) is 1.51. The van der Waals surface area contributed by atoms with Gasteiger partial charge in [0.1, 0.15) is 11.6 Å². The van der Waals surface area contributed by atoms with Crippen LogP contribution >= 0.6 is 0 Å². The number of amides is 1. The Morgan fingerprint density at radius 1 is 1.33 bits per heavy atom. The minimum Gasteiger partial charge on any atom is -0.445 e. The molecular formula is C17H18N4O3. The van der Waals surface area contributed by atoms with E-state index in [9.17, 15) is 9.59 Å². The van der Waals surface area contributed by atoms with Crippen LogP contribution in [0.1, 0.15) is 21.5 Å². The number of carbonyl (C=O) groups is 1. The number of carbonyl (C=O) groups excluding carboxylic acids is 1. The number of nitrogens with zero attached hydrogens (tertiary/aromatic N) is 2. The molecule has 0 radical (unpaired) electrons. The van der Waals surface area contributed by atoms with Gasteiger partial charge in [-0.1, -0.05) is 24.3 Å². The molecule has 24 heavy (non-hydrogen) atoms. The van der Waals surface area contributed by atoms with Crippen molar-refractivity contribution in [3.05, 3.63) is 63.9 Å². The summed E-state index contributed by atoms with van der Waals surface area (Å²) in [7, 11) is 4.01. The third-order valence-corrected chi connectivity index (χ3v) is 3.56. The number of benzene rings is 1. The first-order chi connectivity index (χ1) is 11.5. The molecule has 7 heteroatoms. The summed E-state index contributed by atoms with van der Waals surface area (Å²) in [6.45, 7) is 1.19. The Morgan fingerprint density at radius 3 is 2.92 bits per heavy atom. The van der Waals surface area contributed by atoms with Crippen molar-refractivity contribution in [1.82, 2.24) is 20.2 Å². The molecule has 1 aromatic carbocycles.